The van der Waals surface area contributed by atoms with Crippen LogP contribution in [0.3, 0.4) is 0 Å². The van der Waals surface area contributed by atoms with Crippen molar-refractivity contribution in [2.45, 2.75) is 25.9 Å². The van der Waals surface area contributed by atoms with E-state index < -0.39 is 23.7 Å². The van der Waals surface area contributed by atoms with E-state index in [9.17, 15) is 24.6 Å². The minimum atomic E-state index is -1.06. The van der Waals surface area contributed by atoms with Gasteiger partial charge < -0.3 is 24.6 Å². The van der Waals surface area contributed by atoms with Gasteiger partial charge in [0.1, 0.15) is 17.3 Å². The van der Waals surface area contributed by atoms with Crippen LogP contribution in [0.1, 0.15) is 46.4 Å². The smallest absolute Gasteiger partial charge is 0.335 e. The molecule has 1 unspecified atom stereocenters. The molecule has 2 N–H and O–H groups in total. The van der Waals surface area contributed by atoms with Crippen molar-refractivity contribution in [1.82, 2.24) is 4.90 Å². The van der Waals surface area contributed by atoms with E-state index in [2.05, 4.69) is 0 Å². The summed E-state index contributed by atoms with van der Waals surface area (Å²) in [7, 11) is 1.52. The van der Waals surface area contributed by atoms with Gasteiger partial charge in [-0.2, -0.15) is 0 Å². The molecule has 0 radical (unpaired) electrons. The molecule has 3 aromatic rings. The van der Waals surface area contributed by atoms with E-state index in [-0.39, 0.29) is 23.4 Å². The molecule has 190 valence electrons. The van der Waals surface area contributed by atoms with Gasteiger partial charge in [-0.3, -0.25) is 9.59 Å². The first-order valence-electron chi connectivity index (χ1n) is 11.8. The van der Waals surface area contributed by atoms with Crippen LogP contribution < -0.4 is 9.47 Å². The van der Waals surface area contributed by atoms with E-state index in [4.69, 9.17) is 9.47 Å². The monoisotopic (exact) mass is 501 g/mol. The fourth-order valence-corrected chi connectivity index (χ4v) is 4.24. The number of carboxylic acids is 1. The molecule has 0 aromatic heterocycles. The highest BCUT2D eigenvalue weighted by Gasteiger charge is 2.46. The van der Waals surface area contributed by atoms with Crippen molar-refractivity contribution in [2.75, 3.05) is 13.7 Å². The zero-order chi connectivity index (χ0) is 26.5. The number of amides is 1. The van der Waals surface area contributed by atoms with E-state index in [0.717, 1.165) is 6.42 Å². The van der Waals surface area contributed by atoms with Gasteiger partial charge in [0.2, 0.25) is 0 Å². The second kappa shape index (κ2) is 11.0. The molecule has 4 rings (SSSR count). The first-order chi connectivity index (χ1) is 17.8. The maximum absolute atomic E-state index is 13.3. The summed E-state index contributed by atoms with van der Waals surface area (Å²) in [5, 5.41) is 20.4. The van der Waals surface area contributed by atoms with Crippen molar-refractivity contribution in [3.63, 3.8) is 0 Å². The van der Waals surface area contributed by atoms with Crippen molar-refractivity contribution >= 4 is 23.4 Å². The fraction of sp³-hybridized carbons (Fsp3) is 0.207. The number of methoxy groups -OCH3 is 1. The maximum atomic E-state index is 13.3. The fourth-order valence-electron chi connectivity index (χ4n) is 4.24. The van der Waals surface area contributed by atoms with Crippen LogP contribution in [-0.4, -0.2) is 46.5 Å². The topological polar surface area (TPSA) is 113 Å². The van der Waals surface area contributed by atoms with Gasteiger partial charge in [0.15, 0.2) is 0 Å². The van der Waals surface area contributed by atoms with Gasteiger partial charge >= 0.3 is 5.97 Å². The summed E-state index contributed by atoms with van der Waals surface area (Å²) in [4.78, 5) is 39.1. The molecule has 0 saturated carbocycles. The Labute approximate surface area is 214 Å². The number of hydrogen-bond donors (Lipinski definition) is 2. The van der Waals surface area contributed by atoms with E-state index in [1.54, 1.807) is 60.7 Å². The number of aromatic carboxylic acids is 1. The third kappa shape index (κ3) is 5.33. The Morgan fingerprint density at radius 3 is 2.22 bits per heavy atom. The van der Waals surface area contributed by atoms with Gasteiger partial charge in [-0.05, 0) is 66.1 Å². The lowest BCUT2D eigenvalue weighted by molar-refractivity contribution is -0.140. The Hall–Kier alpha value is -4.59. The van der Waals surface area contributed by atoms with Crippen LogP contribution in [0.2, 0.25) is 0 Å². The van der Waals surface area contributed by atoms with Crippen LogP contribution in [0.25, 0.3) is 5.76 Å². The predicted molar refractivity (Wildman–Crippen MR) is 136 cm³/mol. The Morgan fingerprint density at radius 2 is 1.59 bits per heavy atom. The van der Waals surface area contributed by atoms with E-state index in [1.165, 1.54) is 24.1 Å². The zero-order valence-electron chi connectivity index (χ0n) is 20.5. The summed E-state index contributed by atoms with van der Waals surface area (Å²) < 4.78 is 10.9. The van der Waals surface area contributed by atoms with Crippen LogP contribution in [0.4, 0.5) is 0 Å². The largest absolute Gasteiger partial charge is 0.507 e. The standard InChI is InChI=1S/C29H27NO7/c1-3-15-37-22-13-11-19(12-14-22)26(31)24-25(21-5-4-6-23(16-21)36-2)30(28(33)27(24)32)17-18-7-9-20(10-8-18)29(34)35/h4-14,16,25,31H,3,15,17H2,1-2H3,(H,34,35)/b26-24+. The molecule has 0 aliphatic carbocycles. The van der Waals surface area contributed by atoms with Gasteiger partial charge in [-0.1, -0.05) is 31.2 Å². The molecular formula is C29H27NO7. The Morgan fingerprint density at radius 1 is 0.919 bits per heavy atom. The number of carbonyl (C=O) groups is 3. The average Bonchev–Trinajstić information content (AvgIpc) is 3.17. The van der Waals surface area contributed by atoms with Crippen molar-refractivity contribution in [3.8, 4) is 11.5 Å². The molecule has 1 aliphatic rings. The molecule has 1 saturated heterocycles. The lowest BCUT2D eigenvalue weighted by Crippen LogP contribution is -2.29. The molecule has 37 heavy (non-hydrogen) atoms. The van der Waals surface area contributed by atoms with Gasteiger partial charge in [-0.15, -0.1) is 0 Å². The summed E-state index contributed by atoms with van der Waals surface area (Å²) in [6.45, 7) is 2.59. The first kappa shape index (κ1) is 25.5. The van der Waals surface area contributed by atoms with Crippen molar-refractivity contribution < 1.29 is 34.1 Å². The molecule has 1 aliphatic heterocycles. The summed E-state index contributed by atoms with van der Waals surface area (Å²) in [6, 6.07) is 18.8. The van der Waals surface area contributed by atoms with Crippen LogP contribution >= 0.6 is 0 Å². The Kier molecular flexibility index (Phi) is 7.57. The number of likely N-dealkylation sites (tertiary alicyclic amines) is 1. The summed E-state index contributed by atoms with van der Waals surface area (Å²) in [5.74, 6) is -1.76. The number of ketones is 1. The number of benzene rings is 3. The second-order valence-electron chi connectivity index (χ2n) is 8.58. The molecule has 3 aromatic carbocycles. The second-order valence-corrected chi connectivity index (χ2v) is 8.58. The van der Waals surface area contributed by atoms with Crippen molar-refractivity contribution in [2.24, 2.45) is 0 Å². The number of aliphatic hydroxyl groups excluding tert-OH is 1. The summed E-state index contributed by atoms with van der Waals surface area (Å²) >= 11 is 0. The highest BCUT2D eigenvalue weighted by atomic mass is 16.5. The van der Waals surface area contributed by atoms with Gasteiger partial charge in [0.25, 0.3) is 11.7 Å². The quantitative estimate of drug-likeness (QED) is 0.246. The molecule has 1 amide bonds. The number of hydrogen-bond acceptors (Lipinski definition) is 6. The number of rotatable bonds is 9. The summed E-state index contributed by atoms with van der Waals surface area (Å²) in [6.07, 6.45) is 0.852. The zero-order valence-corrected chi connectivity index (χ0v) is 20.5. The van der Waals surface area contributed by atoms with Crippen LogP contribution in [0.5, 0.6) is 11.5 Å². The van der Waals surface area contributed by atoms with E-state index in [0.29, 0.717) is 34.8 Å². The van der Waals surface area contributed by atoms with Crippen molar-refractivity contribution in [3.05, 3.63) is 101 Å². The predicted octanol–water partition coefficient (Wildman–Crippen LogP) is 4.80. The van der Waals surface area contributed by atoms with E-state index in [1.807, 2.05) is 6.92 Å². The van der Waals surface area contributed by atoms with Gasteiger partial charge in [0, 0.05) is 12.1 Å². The highest BCUT2D eigenvalue weighted by molar-refractivity contribution is 6.46. The highest BCUT2D eigenvalue weighted by Crippen LogP contribution is 2.41. The van der Waals surface area contributed by atoms with Crippen LogP contribution in [0.15, 0.2) is 78.4 Å². The Balaban J connectivity index is 1.78. The molecule has 1 fully saturated rings. The lowest BCUT2D eigenvalue weighted by Gasteiger charge is -2.26. The van der Waals surface area contributed by atoms with Crippen LogP contribution in [0, 0.1) is 0 Å². The van der Waals surface area contributed by atoms with Crippen LogP contribution in [-0.2, 0) is 16.1 Å². The number of carboxylic acid groups (broad SMARTS) is 1. The molecule has 8 nitrogen and oxygen atoms in total. The normalized spacial score (nSPS) is 16.6. The maximum Gasteiger partial charge on any atom is 0.335 e. The number of carbonyl (C=O) groups excluding carboxylic acids is 2. The SMILES string of the molecule is CCCOc1ccc(/C(O)=C2\C(=O)C(=O)N(Cc3ccc(C(=O)O)cc3)C2c2cccc(OC)c2)cc1. The van der Waals surface area contributed by atoms with Gasteiger partial charge in [0.05, 0.1) is 30.9 Å². The minimum absolute atomic E-state index is 0.0346. The van der Waals surface area contributed by atoms with E-state index >= 15 is 0 Å². The molecule has 1 atom stereocenters. The molecule has 0 spiro atoms. The average molecular weight is 502 g/mol. The number of aliphatic hydroxyl groups is 1. The molecular weight excluding hydrogens is 474 g/mol. The molecule has 1 heterocycles. The lowest BCUT2D eigenvalue weighted by atomic mass is 9.95. The third-order valence-electron chi connectivity index (χ3n) is 6.10. The minimum Gasteiger partial charge on any atom is -0.507 e. The molecule has 8 heteroatoms. The Bertz CT molecular complexity index is 1340. The number of ether oxygens (including phenoxy) is 2. The third-order valence-corrected chi connectivity index (χ3v) is 6.10. The number of Topliss-reactive ketones (excluding diaryl/α,β-unsaturated/α-hetero) is 1. The van der Waals surface area contributed by atoms with Crippen molar-refractivity contribution in [1.29, 1.82) is 0 Å². The summed E-state index contributed by atoms with van der Waals surface area (Å²) in [5.41, 5.74) is 1.67. The first-order valence-corrected chi connectivity index (χ1v) is 11.8. The molecule has 0 bridgehead atoms. The van der Waals surface area contributed by atoms with Gasteiger partial charge in [-0.25, -0.2) is 4.79 Å². The number of nitrogens with zero attached hydrogens (tertiary/aromatic N) is 1.